The fraction of sp³-hybridized carbons (Fsp3) is 0.125. The molecule has 4 N–H and O–H groups in total. The molecule has 1 amide bonds. The van der Waals surface area contributed by atoms with Crippen molar-refractivity contribution < 1.29 is 9.53 Å². The summed E-state index contributed by atoms with van der Waals surface area (Å²) in [6, 6.07) is 10.1. The molecule has 0 bridgehead atoms. The summed E-state index contributed by atoms with van der Waals surface area (Å²) < 4.78 is 4.94. The molecule has 0 aliphatic heterocycles. The maximum absolute atomic E-state index is 10.9. The van der Waals surface area contributed by atoms with Gasteiger partial charge in [-0.1, -0.05) is 41.2 Å². The molecule has 0 saturated carbocycles. The number of nitrogen functional groups attached to an aromatic ring is 1. The van der Waals surface area contributed by atoms with Crippen LogP contribution in [0.3, 0.4) is 0 Å². The summed E-state index contributed by atoms with van der Waals surface area (Å²) in [6.07, 6.45) is -0.880. The molecule has 112 valence electrons. The molecular formula is C16H15N3O2S. The zero-order valence-electron chi connectivity index (χ0n) is 12.2. The predicted molar refractivity (Wildman–Crippen MR) is 89.2 cm³/mol. The Labute approximate surface area is 131 Å². The van der Waals surface area contributed by atoms with E-state index >= 15 is 0 Å². The summed E-state index contributed by atoms with van der Waals surface area (Å²) in [5, 5.41) is 1.09. The van der Waals surface area contributed by atoms with E-state index in [4.69, 9.17) is 16.2 Å². The molecule has 3 aromatic rings. The highest BCUT2D eigenvalue weighted by Gasteiger charge is 2.17. The molecule has 2 heterocycles. The minimum Gasteiger partial charge on any atom is -0.397 e. The van der Waals surface area contributed by atoms with Gasteiger partial charge in [-0.25, -0.2) is 9.78 Å². The number of hydrogen-bond acceptors (Lipinski definition) is 5. The van der Waals surface area contributed by atoms with Crippen LogP contribution >= 0.6 is 11.3 Å². The largest absolute Gasteiger partial charge is 0.410 e. The molecule has 0 aliphatic carbocycles. The van der Waals surface area contributed by atoms with Crippen molar-refractivity contribution in [2.75, 3.05) is 5.73 Å². The second kappa shape index (κ2) is 5.31. The van der Waals surface area contributed by atoms with Gasteiger partial charge in [0.2, 0.25) is 5.06 Å². The van der Waals surface area contributed by atoms with Gasteiger partial charge < -0.3 is 16.2 Å². The number of pyridine rings is 1. The predicted octanol–water partition coefficient (Wildman–Crippen LogP) is 3.62. The van der Waals surface area contributed by atoms with Crippen LogP contribution in [0.25, 0.3) is 21.5 Å². The maximum atomic E-state index is 10.9. The first-order valence-corrected chi connectivity index (χ1v) is 7.51. The number of carbonyl (C=O) groups is 1. The summed E-state index contributed by atoms with van der Waals surface area (Å²) >= 11 is 1.22. The van der Waals surface area contributed by atoms with Gasteiger partial charge in [0.05, 0.1) is 11.4 Å². The number of rotatable bonds is 2. The fourth-order valence-electron chi connectivity index (χ4n) is 2.33. The number of hydrogen-bond donors (Lipinski definition) is 2. The number of aryl methyl sites for hydroxylation is 2. The fourth-order valence-corrected chi connectivity index (χ4v) is 3.36. The van der Waals surface area contributed by atoms with Gasteiger partial charge in [0.1, 0.15) is 4.83 Å². The average molecular weight is 313 g/mol. The van der Waals surface area contributed by atoms with Gasteiger partial charge in [-0.2, -0.15) is 0 Å². The van der Waals surface area contributed by atoms with Crippen molar-refractivity contribution in [1.29, 1.82) is 0 Å². The zero-order chi connectivity index (χ0) is 15.9. The van der Waals surface area contributed by atoms with Crippen molar-refractivity contribution in [1.82, 2.24) is 4.98 Å². The Morgan fingerprint density at radius 1 is 1.23 bits per heavy atom. The van der Waals surface area contributed by atoms with Crippen LogP contribution in [-0.4, -0.2) is 11.1 Å². The van der Waals surface area contributed by atoms with Crippen LogP contribution in [-0.2, 0) is 0 Å². The molecule has 0 unspecified atom stereocenters. The third kappa shape index (κ3) is 2.48. The molecular weight excluding hydrogens is 298 g/mol. The lowest BCUT2D eigenvalue weighted by atomic mass is 10.1. The van der Waals surface area contributed by atoms with E-state index in [1.807, 2.05) is 44.2 Å². The van der Waals surface area contributed by atoms with Crippen LogP contribution < -0.4 is 16.2 Å². The number of nitrogens with two attached hydrogens (primary N) is 2. The Bertz CT molecular complexity index is 869. The molecule has 0 aliphatic rings. The molecule has 0 spiro atoms. The molecule has 0 saturated heterocycles. The third-order valence-electron chi connectivity index (χ3n) is 3.40. The van der Waals surface area contributed by atoms with E-state index in [0.717, 1.165) is 27.0 Å². The van der Waals surface area contributed by atoms with Gasteiger partial charge in [-0.05, 0) is 25.5 Å². The van der Waals surface area contributed by atoms with E-state index < -0.39 is 6.09 Å². The summed E-state index contributed by atoms with van der Waals surface area (Å²) in [4.78, 5) is 16.3. The summed E-state index contributed by atoms with van der Waals surface area (Å²) in [6.45, 7) is 4.00. The van der Waals surface area contributed by atoms with E-state index in [1.54, 1.807) is 0 Å². The first-order valence-electron chi connectivity index (χ1n) is 6.69. The smallest absolute Gasteiger partial charge is 0.397 e. The van der Waals surface area contributed by atoms with Crippen LogP contribution in [0.2, 0.25) is 0 Å². The molecule has 3 rings (SSSR count). The van der Waals surface area contributed by atoms with Crippen molar-refractivity contribution in [3.05, 3.63) is 41.5 Å². The number of ether oxygens (including phenoxy) is 1. The molecule has 0 radical (unpaired) electrons. The number of fused-ring (bicyclic) bond motifs is 1. The highest BCUT2D eigenvalue weighted by molar-refractivity contribution is 7.21. The molecule has 5 nitrogen and oxygen atoms in total. The molecule has 2 aromatic heterocycles. The van der Waals surface area contributed by atoms with E-state index in [9.17, 15) is 4.79 Å². The highest BCUT2D eigenvalue weighted by Crippen LogP contribution is 2.41. The lowest BCUT2D eigenvalue weighted by Gasteiger charge is -2.05. The van der Waals surface area contributed by atoms with Crippen LogP contribution in [0.1, 0.15) is 11.1 Å². The van der Waals surface area contributed by atoms with Crippen molar-refractivity contribution in [3.63, 3.8) is 0 Å². The topological polar surface area (TPSA) is 91.2 Å². The first kappa shape index (κ1) is 14.3. The molecule has 1 aromatic carbocycles. The van der Waals surface area contributed by atoms with Crippen LogP contribution in [0, 0.1) is 13.8 Å². The Kier molecular flexibility index (Phi) is 3.46. The Morgan fingerprint density at radius 2 is 1.91 bits per heavy atom. The number of primary amides is 1. The summed E-state index contributed by atoms with van der Waals surface area (Å²) in [5.74, 6) is 0. The average Bonchev–Trinajstić information content (AvgIpc) is 2.75. The Hall–Kier alpha value is -2.60. The van der Waals surface area contributed by atoms with Crippen molar-refractivity contribution in [2.24, 2.45) is 5.73 Å². The number of thiophene rings is 1. The minimum atomic E-state index is -0.880. The molecule has 22 heavy (non-hydrogen) atoms. The summed E-state index contributed by atoms with van der Waals surface area (Å²) in [7, 11) is 0. The van der Waals surface area contributed by atoms with E-state index in [1.165, 1.54) is 16.9 Å². The van der Waals surface area contributed by atoms with Crippen molar-refractivity contribution in [3.8, 4) is 16.3 Å². The number of benzene rings is 1. The standard InChI is InChI=1S/C16H15N3O2S/c1-8-3-5-10(6-4-8)11-7-9(2)12-13(17)15(21-16(18)20)22-14(12)19-11/h3-7H,17H2,1-2H3,(H2,18,20). The minimum absolute atomic E-state index is 0.291. The Morgan fingerprint density at radius 3 is 2.55 bits per heavy atom. The van der Waals surface area contributed by atoms with E-state index in [2.05, 4.69) is 4.98 Å². The summed E-state index contributed by atoms with van der Waals surface area (Å²) in [5.41, 5.74) is 15.6. The zero-order valence-corrected chi connectivity index (χ0v) is 13.0. The Balaban J connectivity index is 2.16. The molecule has 0 fully saturated rings. The second-order valence-corrected chi connectivity index (χ2v) is 6.06. The first-order chi connectivity index (χ1) is 10.5. The SMILES string of the molecule is Cc1ccc(-c2cc(C)c3c(N)c(OC(N)=O)sc3n2)cc1. The second-order valence-electron chi connectivity index (χ2n) is 5.09. The van der Waals surface area contributed by atoms with Gasteiger partial charge in [0, 0.05) is 10.9 Å². The number of nitrogens with zero attached hydrogens (tertiary/aromatic N) is 1. The number of anilines is 1. The normalized spacial score (nSPS) is 10.8. The van der Waals surface area contributed by atoms with Crippen LogP contribution in [0.5, 0.6) is 5.06 Å². The van der Waals surface area contributed by atoms with Crippen LogP contribution in [0.4, 0.5) is 10.5 Å². The van der Waals surface area contributed by atoms with Gasteiger partial charge in [0.15, 0.2) is 0 Å². The van der Waals surface area contributed by atoms with Crippen LogP contribution in [0.15, 0.2) is 30.3 Å². The maximum Gasteiger partial charge on any atom is 0.410 e. The monoisotopic (exact) mass is 313 g/mol. The number of amides is 1. The van der Waals surface area contributed by atoms with Gasteiger partial charge in [0.25, 0.3) is 0 Å². The lowest BCUT2D eigenvalue weighted by Crippen LogP contribution is -2.16. The van der Waals surface area contributed by atoms with Gasteiger partial charge >= 0.3 is 6.09 Å². The van der Waals surface area contributed by atoms with Crippen molar-refractivity contribution >= 4 is 33.3 Å². The lowest BCUT2D eigenvalue weighted by molar-refractivity contribution is 0.212. The van der Waals surface area contributed by atoms with Crippen molar-refractivity contribution in [2.45, 2.75) is 13.8 Å². The third-order valence-corrected chi connectivity index (χ3v) is 4.38. The van der Waals surface area contributed by atoms with Gasteiger partial charge in [-0.15, -0.1) is 0 Å². The van der Waals surface area contributed by atoms with E-state index in [-0.39, 0.29) is 0 Å². The van der Waals surface area contributed by atoms with Gasteiger partial charge in [-0.3, -0.25) is 0 Å². The molecule has 0 atom stereocenters. The quantitative estimate of drug-likeness (QED) is 0.756. The molecule has 6 heteroatoms. The number of aromatic nitrogens is 1. The van der Waals surface area contributed by atoms with E-state index in [0.29, 0.717) is 10.8 Å². The number of carbonyl (C=O) groups excluding carboxylic acids is 1. The highest BCUT2D eigenvalue weighted by atomic mass is 32.1.